The first-order chi connectivity index (χ1) is 7.70. The van der Waals surface area contributed by atoms with Gasteiger partial charge in [0.1, 0.15) is 0 Å². The molecule has 3 atom stereocenters. The number of rotatable bonds is 2. The summed E-state index contributed by atoms with van der Waals surface area (Å²) in [5, 5.41) is 9.10. The largest absolute Gasteiger partial charge is 0.392 e. The van der Waals surface area contributed by atoms with E-state index >= 15 is 0 Å². The number of hydrogen-bond acceptors (Lipinski definition) is 1. The predicted molar refractivity (Wildman–Crippen MR) is 68.0 cm³/mol. The van der Waals surface area contributed by atoms with E-state index in [1.165, 1.54) is 5.57 Å². The Morgan fingerprint density at radius 3 is 2.69 bits per heavy atom. The van der Waals surface area contributed by atoms with Crippen LogP contribution in [0, 0.1) is 17.8 Å². The van der Waals surface area contributed by atoms with Crippen LogP contribution in [0.5, 0.6) is 0 Å². The van der Waals surface area contributed by atoms with E-state index in [2.05, 4.69) is 50.3 Å². The number of allylic oxidation sites excluding steroid dienone is 6. The smallest absolute Gasteiger partial charge is 0.0678 e. The highest BCUT2D eigenvalue weighted by Gasteiger charge is 2.20. The summed E-state index contributed by atoms with van der Waals surface area (Å²) < 4.78 is 0. The molecule has 3 unspecified atom stereocenters. The van der Waals surface area contributed by atoms with Crippen LogP contribution in [0.15, 0.2) is 47.6 Å². The SMILES string of the molecule is CC1C=C(C2C=CC(CO)=CC2C)C=CC1. The lowest BCUT2D eigenvalue weighted by Gasteiger charge is -2.26. The molecule has 1 N–H and O–H groups in total. The summed E-state index contributed by atoms with van der Waals surface area (Å²) >= 11 is 0. The topological polar surface area (TPSA) is 20.2 Å². The third-order valence-electron chi connectivity index (χ3n) is 3.42. The Morgan fingerprint density at radius 1 is 1.25 bits per heavy atom. The second-order valence-corrected chi connectivity index (χ2v) is 4.93. The molecule has 0 radical (unpaired) electrons. The first-order valence-electron chi connectivity index (χ1n) is 6.08. The average Bonchev–Trinajstić information content (AvgIpc) is 2.28. The molecule has 2 aliphatic carbocycles. The van der Waals surface area contributed by atoms with Gasteiger partial charge in [-0.3, -0.25) is 0 Å². The van der Waals surface area contributed by atoms with Crippen molar-refractivity contribution in [2.45, 2.75) is 20.3 Å². The minimum Gasteiger partial charge on any atom is -0.392 e. The molecule has 1 nitrogen and oxygen atoms in total. The molecule has 0 saturated heterocycles. The molecule has 0 aromatic rings. The maximum atomic E-state index is 9.10. The fraction of sp³-hybridized carbons (Fsp3) is 0.467. The van der Waals surface area contributed by atoms with Gasteiger partial charge in [0.15, 0.2) is 0 Å². The van der Waals surface area contributed by atoms with Gasteiger partial charge in [-0.2, -0.15) is 0 Å². The summed E-state index contributed by atoms with van der Waals surface area (Å²) in [5.41, 5.74) is 2.47. The molecule has 0 bridgehead atoms. The van der Waals surface area contributed by atoms with Gasteiger partial charge in [-0.15, -0.1) is 0 Å². The molecule has 0 aliphatic heterocycles. The second kappa shape index (κ2) is 4.84. The first-order valence-corrected chi connectivity index (χ1v) is 6.08. The van der Waals surface area contributed by atoms with Crippen molar-refractivity contribution in [1.82, 2.24) is 0 Å². The van der Waals surface area contributed by atoms with Gasteiger partial charge < -0.3 is 5.11 Å². The van der Waals surface area contributed by atoms with E-state index in [1.54, 1.807) is 0 Å². The van der Waals surface area contributed by atoms with Crippen molar-refractivity contribution >= 4 is 0 Å². The van der Waals surface area contributed by atoms with Crippen LogP contribution in [0.3, 0.4) is 0 Å². The minimum absolute atomic E-state index is 0.152. The maximum absolute atomic E-state index is 9.10. The van der Waals surface area contributed by atoms with Gasteiger partial charge in [-0.25, -0.2) is 0 Å². The average molecular weight is 216 g/mol. The molecule has 0 aromatic carbocycles. The van der Waals surface area contributed by atoms with Crippen LogP contribution in [0.25, 0.3) is 0 Å². The molecule has 0 heterocycles. The van der Waals surface area contributed by atoms with Crippen molar-refractivity contribution in [1.29, 1.82) is 0 Å². The Hall–Kier alpha value is -1.08. The van der Waals surface area contributed by atoms with Crippen LogP contribution in [-0.4, -0.2) is 11.7 Å². The third kappa shape index (κ3) is 2.35. The molecule has 2 aliphatic rings. The third-order valence-corrected chi connectivity index (χ3v) is 3.42. The van der Waals surface area contributed by atoms with Gasteiger partial charge in [0.2, 0.25) is 0 Å². The highest BCUT2D eigenvalue weighted by Crippen LogP contribution is 2.32. The van der Waals surface area contributed by atoms with Gasteiger partial charge in [-0.1, -0.05) is 50.3 Å². The Kier molecular flexibility index (Phi) is 3.45. The Balaban J connectivity index is 2.16. The second-order valence-electron chi connectivity index (χ2n) is 4.93. The van der Waals surface area contributed by atoms with E-state index in [0.717, 1.165) is 12.0 Å². The highest BCUT2D eigenvalue weighted by molar-refractivity contribution is 5.36. The quantitative estimate of drug-likeness (QED) is 0.751. The number of aliphatic hydroxyl groups is 1. The lowest BCUT2D eigenvalue weighted by atomic mass is 9.79. The fourth-order valence-electron chi connectivity index (χ4n) is 2.51. The lowest BCUT2D eigenvalue weighted by molar-refractivity contribution is 0.332. The molecule has 0 aromatic heterocycles. The number of aliphatic hydroxyl groups excluding tert-OH is 1. The van der Waals surface area contributed by atoms with E-state index in [0.29, 0.717) is 17.8 Å². The Labute approximate surface area is 97.9 Å². The molecule has 0 fully saturated rings. The van der Waals surface area contributed by atoms with E-state index in [-0.39, 0.29) is 6.61 Å². The van der Waals surface area contributed by atoms with Crippen molar-refractivity contribution in [2.75, 3.05) is 6.61 Å². The van der Waals surface area contributed by atoms with Gasteiger partial charge in [-0.05, 0) is 29.4 Å². The van der Waals surface area contributed by atoms with Gasteiger partial charge in [0.25, 0.3) is 0 Å². The zero-order valence-corrected chi connectivity index (χ0v) is 10.1. The Morgan fingerprint density at radius 2 is 2.06 bits per heavy atom. The van der Waals surface area contributed by atoms with Crippen LogP contribution >= 0.6 is 0 Å². The van der Waals surface area contributed by atoms with Crippen LogP contribution in [0.2, 0.25) is 0 Å². The summed E-state index contributed by atoms with van der Waals surface area (Å²) in [6.07, 6.45) is 14.5. The number of hydrogen-bond donors (Lipinski definition) is 1. The van der Waals surface area contributed by atoms with Gasteiger partial charge in [0, 0.05) is 5.92 Å². The summed E-state index contributed by atoms with van der Waals surface area (Å²) in [6, 6.07) is 0. The summed E-state index contributed by atoms with van der Waals surface area (Å²) in [7, 11) is 0. The monoisotopic (exact) mass is 216 g/mol. The zero-order valence-electron chi connectivity index (χ0n) is 10.1. The Bertz CT molecular complexity index is 371. The molecule has 86 valence electrons. The van der Waals surface area contributed by atoms with Crippen molar-refractivity contribution in [3.8, 4) is 0 Å². The van der Waals surface area contributed by atoms with Crippen molar-refractivity contribution in [3.63, 3.8) is 0 Å². The minimum atomic E-state index is 0.152. The molecular formula is C15H20O. The molecule has 0 amide bonds. The van der Waals surface area contributed by atoms with Crippen LogP contribution in [0.4, 0.5) is 0 Å². The zero-order chi connectivity index (χ0) is 11.5. The highest BCUT2D eigenvalue weighted by atomic mass is 16.3. The predicted octanol–water partition coefficient (Wildman–Crippen LogP) is 3.25. The van der Waals surface area contributed by atoms with E-state index in [4.69, 9.17) is 5.11 Å². The van der Waals surface area contributed by atoms with Crippen LogP contribution in [0.1, 0.15) is 20.3 Å². The van der Waals surface area contributed by atoms with E-state index in [9.17, 15) is 0 Å². The van der Waals surface area contributed by atoms with Gasteiger partial charge >= 0.3 is 0 Å². The summed E-state index contributed by atoms with van der Waals surface area (Å²) in [6.45, 7) is 4.63. The molecule has 0 saturated carbocycles. The van der Waals surface area contributed by atoms with E-state index < -0.39 is 0 Å². The fourth-order valence-corrected chi connectivity index (χ4v) is 2.51. The van der Waals surface area contributed by atoms with E-state index in [1.807, 2.05) is 0 Å². The standard InChI is InChI=1S/C15H20O/c1-11-4-3-5-14(8-11)15-7-6-13(10-16)9-12(15)2/h3,5-9,11-12,15-16H,4,10H2,1-2H3. The van der Waals surface area contributed by atoms with Gasteiger partial charge in [0.05, 0.1) is 6.61 Å². The molecule has 0 spiro atoms. The molecule has 2 rings (SSSR count). The molecular weight excluding hydrogens is 196 g/mol. The van der Waals surface area contributed by atoms with Crippen LogP contribution in [-0.2, 0) is 0 Å². The molecule has 1 heteroatoms. The lowest BCUT2D eigenvalue weighted by Crippen LogP contribution is -2.15. The van der Waals surface area contributed by atoms with Crippen LogP contribution < -0.4 is 0 Å². The molecule has 16 heavy (non-hydrogen) atoms. The first kappa shape index (κ1) is 11.4. The van der Waals surface area contributed by atoms with Crippen molar-refractivity contribution in [3.05, 3.63) is 47.6 Å². The normalized spacial score (nSPS) is 33.6. The summed E-state index contributed by atoms with van der Waals surface area (Å²) in [4.78, 5) is 0. The maximum Gasteiger partial charge on any atom is 0.0678 e. The van der Waals surface area contributed by atoms with Crippen molar-refractivity contribution < 1.29 is 5.11 Å². The summed E-state index contributed by atoms with van der Waals surface area (Å²) in [5.74, 6) is 1.62. The van der Waals surface area contributed by atoms with Crippen molar-refractivity contribution in [2.24, 2.45) is 17.8 Å².